The maximum atomic E-state index is 6.67. The van der Waals surface area contributed by atoms with Gasteiger partial charge in [-0.2, -0.15) is 0 Å². The zero-order chi connectivity index (χ0) is 28.4. The van der Waals surface area contributed by atoms with Crippen LogP contribution in [0.4, 0.5) is 17.1 Å². The number of benzene rings is 6. The lowest BCUT2D eigenvalue weighted by Crippen LogP contribution is -2.57. The van der Waals surface area contributed by atoms with Crippen molar-refractivity contribution in [2.24, 2.45) is 0 Å². The van der Waals surface area contributed by atoms with Crippen LogP contribution in [-0.4, -0.2) is 14.8 Å². The first kappa shape index (κ1) is 25.0. The molecule has 0 unspecified atom stereocenters. The molecule has 2 aliphatic heterocycles. The highest BCUT2D eigenvalue weighted by Crippen LogP contribution is 2.43. The summed E-state index contributed by atoms with van der Waals surface area (Å²) in [4.78, 5) is 2.39. The summed E-state index contributed by atoms with van der Waals surface area (Å²) in [5.74, 6) is 3.48. The number of ether oxygens (including phenoxy) is 2. The molecule has 2 aliphatic rings. The number of para-hydroxylation sites is 3. The van der Waals surface area contributed by atoms with Gasteiger partial charge in [-0.1, -0.05) is 105 Å². The van der Waals surface area contributed by atoms with Crippen molar-refractivity contribution in [1.82, 2.24) is 0 Å². The van der Waals surface area contributed by atoms with Gasteiger partial charge in [0.2, 0.25) is 0 Å². The van der Waals surface area contributed by atoms with Crippen LogP contribution < -0.4 is 35.9 Å². The smallest absolute Gasteiger partial charge is 0.260 e. The van der Waals surface area contributed by atoms with E-state index in [1.165, 1.54) is 32.6 Å². The average molecular weight is 560 g/mol. The zero-order valence-electron chi connectivity index (χ0n) is 24.0. The monoisotopic (exact) mass is 559 g/mol. The zero-order valence-corrected chi connectivity index (χ0v) is 25.0. The summed E-state index contributed by atoms with van der Waals surface area (Å²) in [6.45, 7) is 7.36. The van der Waals surface area contributed by atoms with Crippen molar-refractivity contribution in [2.45, 2.75) is 19.6 Å². The van der Waals surface area contributed by atoms with E-state index in [0.29, 0.717) is 0 Å². The van der Waals surface area contributed by atoms with Gasteiger partial charge in [-0.15, -0.1) is 0 Å². The normalized spacial score (nSPS) is 13.0. The molecule has 0 aliphatic carbocycles. The Morgan fingerprint density at radius 3 is 1.76 bits per heavy atom. The Labute approximate surface area is 248 Å². The summed E-state index contributed by atoms with van der Waals surface area (Å²) in [5.41, 5.74) is 6.75. The van der Waals surface area contributed by atoms with Crippen LogP contribution in [0.3, 0.4) is 0 Å². The summed E-state index contributed by atoms with van der Waals surface area (Å²) in [6, 6.07) is 45.2. The highest BCUT2D eigenvalue weighted by atomic mass is 28.3. The molecule has 0 spiro atoms. The van der Waals surface area contributed by atoms with E-state index >= 15 is 0 Å². The molecule has 0 bridgehead atoms. The van der Waals surface area contributed by atoms with E-state index < -0.39 is 8.07 Å². The highest BCUT2D eigenvalue weighted by molar-refractivity contribution is 6.98. The summed E-state index contributed by atoms with van der Waals surface area (Å²) in [5, 5.41) is 4.03. The van der Waals surface area contributed by atoms with E-state index in [2.05, 4.69) is 140 Å². The molecular weight excluding hydrogens is 529 g/mol. The summed E-state index contributed by atoms with van der Waals surface area (Å²) in [6.07, 6.45) is 0. The van der Waals surface area contributed by atoms with Gasteiger partial charge in [0.25, 0.3) is 6.71 Å². The molecule has 6 aromatic carbocycles. The van der Waals surface area contributed by atoms with Crippen LogP contribution >= 0.6 is 0 Å². The molecule has 2 heterocycles. The molecule has 3 nitrogen and oxygen atoms in total. The van der Waals surface area contributed by atoms with E-state index in [4.69, 9.17) is 9.47 Å². The maximum absolute atomic E-state index is 6.67. The first-order valence-electron chi connectivity index (χ1n) is 14.6. The number of rotatable bonds is 4. The molecule has 0 fully saturated rings. The number of anilines is 3. The van der Waals surface area contributed by atoms with E-state index in [0.717, 1.165) is 39.8 Å². The molecule has 0 saturated carbocycles. The fraction of sp³-hybridized carbons (Fsp3) is 0.0811. The molecule has 0 saturated heterocycles. The molecule has 0 radical (unpaired) electrons. The Hall–Kier alpha value is -4.74. The van der Waals surface area contributed by atoms with Crippen molar-refractivity contribution < 1.29 is 9.47 Å². The maximum Gasteiger partial charge on any atom is 0.260 e. The van der Waals surface area contributed by atoms with Crippen molar-refractivity contribution in [1.29, 1.82) is 0 Å². The molecular formula is C37H30BNO2Si. The lowest BCUT2D eigenvalue weighted by atomic mass is 9.35. The van der Waals surface area contributed by atoms with Gasteiger partial charge in [-0.3, -0.25) is 0 Å². The Morgan fingerprint density at radius 2 is 1.12 bits per heavy atom. The Bertz CT molecular complexity index is 1930. The minimum Gasteiger partial charge on any atom is -0.458 e. The predicted octanol–water partition coefficient (Wildman–Crippen LogP) is 7.58. The van der Waals surface area contributed by atoms with Crippen molar-refractivity contribution in [3.05, 3.63) is 127 Å². The number of nitrogens with zero attached hydrogens (tertiary/aromatic N) is 1. The van der Waals surface area contributed by atoms with Gasteiger partial charge in [0.15, 0.2) is 0 Å². The number of fused-ring (bicyclic) bond motifs is 5. The Kier molecular flexibility index (Phi) is 5.60. The lowest BCUT2D eigenvalue weighted by Gasteiger charge is -2.36. The molecule has 0 atom stereocenters. The molecule has 202 valence electrons. The highest BCUT2D eigenvalue weighted by Gasteiger charge is 2.40. The van der Waals surface area contributed by atoms with Crippen LogP contribution in [0.25, 0.3) is 10.8 Å². The first-order valence-corrected chi connectivity index (χ1v) is 18.1. The van der Waals surface area contributed by atoms with E-state index in [9.17, 15) is 0 Å². The van der Waals surface area contributed by atoms with Crippen LogP contribution in [0, 0.1) is 0 Å². The van der Waals surface area contributed by atoms with Gasteiger partial charge in [-0.25, -0.2) is 0 Å². The predicted molar refractivity (Wildman–Crippen MR) is 179 cm³/mol. The standard InChI is InChI=1S/C37H30BNO2Si/c1-42(2,3)37-28-16-8-7-13-25(28)21-22-31(37)39(26-14-5-4-6-15-26)27-23-34-36-35(24-27)41-33-20-12-10-18-30(33)38(36)29-17-9-11-19-32(29)40-34/h4-24H,1-3H3. The average Bonchev–Trinajstić information content (AvgIpc) is 3.00. The minimum absolute atomic E-state index is 0.0577. The largest absolute Gasteiger partial charge is 0.458 e. The number of hydrogen-bond acceptors (Lipinski definition) is 3. The molecule has 0 amide bonds. The van der Waals surface area contributed by atoms with Crippen molar-refractivity contribution in [3.8, 4) is 23.0 Å². The topological polar surface area (TPSA) is 21.7 Å². The molecule has 0 aromatic heterocycles. The van der Waals surface area contributed by atoms with Crippen LogP contribution in [-0.2, 0) is 0 Å². The van der Waals surface area contributed by atoms with Crippen molar-refractivity contribution >= 4 is 64.2 Å². The van der Waals surface area contributed by atoms with Crippen molar-refractivity contribution in [2.75, 3.05) is 4.90 Å². The molecule has 8 rings (SSSR count). The Morgan fingerprint density at radius 1 is 0.548 bits per heavy atom. The fourth-order valence-electron chi connectivity index (χ4n) is 6.75. The van der Waals surface area contributed by atoms with E-state index in [-0.39, 0.29) is 6.71 Å². The fourth-order valence-corrected chi connectivity index (χ4v) is 8.75. The van der Waals surface area contributed by atoms with Crippen LogP contribution in [0.5, 0.6) is 23.0 Å². The summed E-state index contributed by atoms with van der Waals surface area (Å²) < 4.78 is 13.3. The van der Waals surface area contributed by atoms with Crippen LogP contribution in [0.1, 0.15) is 0 Å². The second kappa shape index (κ2) is 9.40. The van der Waals surface area contributed by atoms with E-state index in [1.807, 2.05) is 12.1 Å². The first-order chi connectivity index (χ1) is 20.5. The lowest BCUT2D eigenvalue weighted by molar-refractivity contribution is 0.465. The van der Waals surface area contributed by atoms with Gasteiger partial charge >= 0.3 is 0 Å². The third-order valence-corrected chi connectivity index (χ3v) is 10.5. The quantitative estimate of drug-likeness (QED) is 0.208. The van der Waals surface area contributed by atoms with Gasteiger partial charge in [0.1, 0.15) is 23.0 Å². The number of hydrogen-bond donors (Lipinski definition) is 0. The minimum atomic E-state index is -1.82. The van der Waals surface area contributed by atoms with Crippen molar-refractivity contribution in [3.63, 3.8) is 0 Å². The van der Waals surface area contributed by atoms with Crippen LogP contribution in [0.15, 0.2) is 127 Å². The third kappa shape index (κ3) is 3.88. The Balaban J connectivity index is 1.41. The third-order valence-electron chi connectivity index (χ3n) is 8.45. The van der Waals surface area contributed by atoms with Gasteiger partial charge in [0, 0.05) is 29.0 Å². The molecule has 5 heteroatoms. The summed E-state index contributed by atoms with van der Waals surface area (Å²) >= 11 is 0. The molecule has 6 aromatic rings. The van der Waals surface area contributed by atoms with Gasteiger partial charge in [0.05, 0.1) is 13.8 Å². The van der Waals surface area contributed by atoms with Gasteiger partial charge < -0.3 is 14.4 Å². The van der Waals surface area contributed by atoms with Crippen LogP contribution in [0.2, 0.25) is 19.6 Å². The second-order valence-electron chi connectivity index (χ2n) is 12.2. The summed E-state index contributed by atoms with van der Waals surface area (Å²) in [7, 11) is -1.82. The second-order valence-corrected chi connectivity index (χ2v) is 17.2. The molecule has 0 N–H and O–H groups in total. The van der Waals surface area contributed by atoms with Gasteiger partial charge in [-0.05, 0) is 57.2 Å². The SMILES string of the molecule is C[Si](C)(C)c1c(N(c2ccccc2)c2cc3c4c(c2)Oc2ccccc2B4c2ccccc2O3)ccc2ccccc12. The van der Waals surface area contributed by atoms with E-state index in [1.54, 1.807) is 0 Å². The molecule has 42 heavy (non-hydrogen) atoms.